The van der Waals surface area contributed by atoms with Crippen molar-refractivity contribution in [1.29, 1.82) is 0 Å². The van der Waals surface area contributed by atoms with Crippen LogP contribution in [0, 0.1) is 5.92 Å². The van der Waals surface area contributed by atoms with Crippen LogP contribution in [0.4, 0.5) is 5.82 Å². The second-order valence-electron chi connectivity index (χ2n) is 4.87. The van der Waals surface area contributed by atoms with Gasteiger partial charge in [0.2, 0.25) is 10.0 Å². The van der Waals surface area contributed by atoms with Gasteiger partial charge in [-0.3, -0.25) is 0 Å². The molecule has 1 aromatic heterocycles. The molecule has 1 aliphatic rings. The molecule has 1 fully saturated rings. The van der Waals surface area contributed by atoms with Gasteiger partial charge < -0.3 is 5.73 Å². The molecule has 2 rings (SSSR count). The van der Waals surface area contributed by atoms with E-state index in [0.717, 1.165) is 12.8 Å². The van der Waals surface area contributed by atoms with E-state index < -0.39 is 10.0 Å². The third kappa shape index (κ3) is 3.00. The summed E-state index contributed by atoms with van der Waals surface area (Å²) in [5, 5.41) is 0. The number of nitrogens with zero attached hydrogens (tertiary/aromatic N) is 1. The van der Waals surface area contributed by atoms with Crippen LogP contribution in [0.1, 0.15) is 32.6 Å². The van der Waals surface area contributed by atoms with E-state index in [1.165, 1.54) is 31.2 Å². The number of pyridine rings is 1. The number of nitrogens with one attached hydrogen (secondary N) is 1. The molecule has 0 bridgehead atoms. The molecule has 18 heavy (non-hydrogen) atoms. The number of sulfonamides is 1. The summed E-state index contributed by atoms with van der Waals surface area (Å²) in [6.07, 6.45) is 5.88. The van der Waals surface area contributed by atoms with Crippen LogP contribution >= 0.6 is 0 Å². The van der Waals surface area contributed by atoms with E-state index in [0.29, 0.717) is 11.7 Å². The highest BCUT2D eigenvalue weighted by molar-refractivity contribution is 7.89. The second-order valence-corrected chi connectivity index (χ2v) is 6.59. The molecular formula is C12H19N3O2S. The lowest BCUT2D eigenvalue weighted by Crippen LogP contribution is -2.37. The summed E-state index contributed by atoms with van der Waals surface area (Å²) < 4.78 is 27.0. The number of nitrogen functional groups attached to an aromatic ring is 1. The van der Waals surface area contributed by atoms with Gasteiger partial charge in [0, 0.05) is 12.2 Å². The third-order valence-corrected chi connectivity index (χ3v) is 5.06. The second kappa shape index (κ2) is 5.24. The Morgan fingerprint density at radius 1 is 1.39 bits per heavy atom. The molecule has 0 aliphatic heterocycles. The number of rotatable bonds is 4. The molecule has 1 atom stereocenters. The van der Waals surface area contributed by atoms with Crippen molar-refractivity contribution in [1.82, 2.24) is 9.71 Å². The lowest BCUT2D eigenvalue weighted by atomic mass is 10.0. The summed E-state index contributed by atoms with van der Waals surface area (Å²) in [5.74, 6) is 0.763. The van der Waals surface area contributed by atoms with E-state index >= 15 is 0 Å². The molecule has 5 nitrogen and oxygen atoms in total. The maximum absolute atomic E-state index is 12.1. The number of hydrogen-bond donors (Lipinski definition) is 2. The molecule has 0 aromatic carbocycles. The number of anilines is 1. The van der Waals surface area contributed by atoms with E-state index in [2.05, 4.69) is 9.71 Å². The molecule has 1 heterocycles. The van der Waals surface area contributed by atoms with Gasteiger partial charge in [-0.15, -0.1) is 0 Å². The van der Waals surface area contributed by atoms with Gasteiger partial charge in [0.25, 0.3) is 0 Å². The van der Waals surface area contributed by atoms with Crippen molar-refractivity contribution in [3.8, 4) is 0 Å². The Morgan fingerprint density at radius 3 is 2.61 bits per heavy atom. The smallest absolute Gasteiger partial charge is 0.242 e. The molecule has 0 spiro atoms. The molecule has 1 aliphatic carbocycles. The summed E-state index contributed by atoms with van der Waals surface area (Å²) in [4.78, 5) is 3.98. The van der Waals surface area contributed by atoms with Crippen LogP contribution in [0.3, 0.4) is 0 Å². The molecule has 100 valence electrons. The van der Waals surface area contributed by atoms with E-state index in [1.807, 2.05) is 6.92 Å². The minimum Gasteiger partial charge on any atom is -0.384 e. The van der Waals surface area contributed by atoms with Gasteiger partial charge in [-0.2, -0.15) is 0 Å². The lowest BCUT2D eigenvalue weighted by Gasteiger charge is -2.20. The van der Waals surface area contributed by atoms with Crippen molar-refractivity contribution in [2.45, 2.75) is 43.5 Å². The molecule has 0 saturated heterocycles. The zero-order valence-electron chi connectivity index (χ0n) is 10.5. The van der Waals surface area contributed by atoms with Crippen molar-refractivity contribution < 1.29 is 8.42 Å². The normalized spacial score (nSPS) is 18.9. The zero-order chi connectivity index (χ0) is 13.2. The SMILES string of the molecule is CC(NS(=O)(=O)c1ccc(N)nc1)C1CCCC1. The number of hydrogen-bond acceptors (Lipinski definition) is 4. The van der Waals surface area contributed by atoms with E-state index in [1.54, 1.807) is 0 Å². The Balaban J connectivity index is 2.09. The first kappa shape index (κ1) is 13.3. The van der Waals surface area contributed by atoms with Crippen LogP contribution in [-0.2, 0) is 10.0 Å². The fourth-order valence-corrected chi connectivity index (χ4v) is 3.67. The molecule has 1 aromatic rings. The zero-order valence-corrected chi connectivity index (χ0v) is 11.3. The summed E-state index contributed by atoms with van der Waals surface area (Å²) in [5.41, 5.74) is 5.44. The van der Waals surface area contributed by atoms with E-state index in [9.17, 15) is 8.42 Å². The quantitative estimate of drug-likeness (QED) is 0.868. The largest absolute Gasteiger partial charge is 0.384 e. The van der Waals surface area contributed by atoms with Crippen molar-refractivity contribution in [2.75, 3.05) is 5.73 Å². The molecular weight excluding hydrogens is 250 g/mol. The summed E-state index contributed by atoms with van der Waals surface area (Å²) in [7, 11) is -3.48. The Labute approximate surface area is 108 Å². The topological polar surface area (TPSA) is 85.1 Å². The van der Waals surface area contributed by atoms with Crippen molar-refractivity contribution >= 4 is 15.8 Å². The Morgan fingerprint density at radius 2 is 2.06 bits per heavy atom. The Kier molecular flexibility index (Phi) is 3.87. The number of nitrogens with two attached hydrogens (primary N) is 1. The Hall–Kier alpha value is -1.14. The predicted molar refractivity (Wildman–Crippen MR) is 70.4 cm³/mol. The maximum atomic E-state index is 12.1. The first-order valence-corrected chi connectivity index (χ1v) is 7.71. The minimum atomic E-state index is -3.48. The molecule has 3 N–H and O–H groups in total. The first-order valence-electron chi connectivity index (χ1n) is 6.23. The third-order valence-electron chi connectivity index (χ3n) is 3.52. The number of aromatic nitrogens is 1. The maximum Gasteiger partial charge on any atom is 0.242 e. The Bertz CT molecular complexity index is 493. The van der Waals surface area contributed by atoms with Gasteiger partial charge in [0.1, 0.15) is 10.7 Å². The van der Waals surface area contributed by atoms with Crippen molar-refractivity contribution in [2.24, 2.45) is 5.92 Å². The van der Waals surface area contributed by atoms with Crippen LogP contribution in [0.2, 0.25) is 0 Å². The van der Waals surface area contributed by atoms with Crippen LogP contribution in [0.5, 0.6) is 0 Å². The van der Waals surface area contributed by atoms with Crippen molar-refractivity contribution in [3.63, 3.8) is 0 Å². The molecule has 0 radical (unpaired) electrons. The standard InChI is InChI=1S/C12H19N3O2S/c1-9(10-4-2-3-5-10)15-18(16,17)11-6-7-12(13)14-8-11/h6-10,15H,2-5H2,1H3,(H2,13,14). The van der Waals surface area contributed by atoms with Crippen LogP contribution < -0.4 is 10.5 Å². The fourth-order valence-electron chi connectivity index (χ4n) is 2.42. The predicted octanol–water partition coefficient (Wildman–Crippen LogP) is 1.52. The van der Waals surface area contributed by atoms with E-state index in [4.69, 9.17) is 5.73 Å². The van der Waals surface area contributed by atoms with Gasteiger partial charge in [-0.05, 0) is 37.8 Å². The van der Waals surface area contributed by atoms with Gasteiger partial charge in [0.15, 0.2) is 0 Å². The lowest BCUT2D eigenvalue weighted by molar-refractivity contribution is 0.424. The van der Waals surface area contributed by atoms with Gasteiger partial charge in [-0.25, -0.2) is 18.1 Å². The van der Waals surface area contributed by atoms with Crippen LogP contribution in [0.15, 0.2) is 23.2 Å². The first-order chi connectivity index (χ1) is 8.49. The minimum absolute atomic E-state index is 0.0324. The average molecular weight is 269 g/mol. The van der Waals surface area contributed by atoms with E-state index in [-0.39, 0.29) is 10.9 Å². The van der Waals surface area contributed by atoms with Gasteiger partial charge in [0.05, 0.1) is 0 Å². The van der Waals surface area contributed by atoms with Crippen LogP contribution in [0.25, 0.3) is 0 Å². The fraction of sp³-hybridized carbons (Fsp3) is 0.583. The van der Waals surface area contributed by atoms with Crippen LogP contribution in [-0.4, -0.2) is 19.4 Å². The molecule has 6 heteroatoms. The highest BCUT2D eigenvalue weighted by Gasteiger charge is 2.26. The molecule has 0 amide bonds. The highest BCUT2D eigenvalue weighted by atomic mass is 32.2. The average Bonchev–Trinajstić information content (AvgIpc) is 2.82. The van der Waals surface area contributed by atoms with Gasteiger partial charge >= 0.3 is 0 Å². The monoisotopic (exact) mass is 269 g/mol. The summed E-state index contributed by atoms with van der Waals surface area (Å²) in [6.45, 7) is 1.93. The van der Waals surface area contributed by atoms with Crippen molar-refractivity contribution in [3.05, 3.63) is 18.3 Å². The highest BCUT2D eigenvalue weighted by Crippen LogP contribution is 2.28. The molecule has 1 saturated carbocycles. The van der Waals surface area contributed by atoms with Gasteiger partial charge in [-0.1, -0.05) is 12.8 Å². The summed E-state index contributed by atoms with van der Waals surface area (Å²) in [6, 6.07) is 2.94. The summed E-state index contributed by atoms with van der Waals surface area (Å²) >= 11 is 0. The molecule has 1 unspecified atom stereocenters.